The van der Waals surface area contributed by atoms with Crippen molar-refractivity contribution in [2.24, 2.45) is 0 Å². The molecule has 0 aromatic heterocycles. The molecular weight excluding hydrogens is 398 g/mol. The van der Waals surface area contributed by atoms with E-state index in [1.807, 2.05) is 7.05 Å². The number of esters is 2. The van der Waals surface area contributed by atoms with Crippen molar-refractivity contribution in [3.05, 3.63) is 59.7 Å². The van der Waals surface area contributed by atoms with E-state index in [1.54, 1.807) is 62.8 Å². The molecule has 2 aromatic carbocycles. The van der Waals surface area contributed by atoms with Crippen molar-refractivity contribution in [1.82, 2.24) is 4.90 Å². The first-order chi connectivity index (χ1) is 15.0. The summed E-state index contributed by atoms with van der Waals surface area (Å²) in [7, 11) is 5.21. The molecule has 0 N–H and O–H groups in total. The number of benzene rings is 2. The lowest BCUT2D eigenvalue weighted by Gasteiger charge is -2.36. The molecule has 0 radical (unpaired) electrons. The van der Waals surface area contributed by atoms with Gasteiger partial charge in [-0.15, -0.1) is 0 Å². The molecule has 2 unspecified atom stereocenters. The average molecular weight is 425 g/mol. The van der Waals surface area contributed by atoms with E-state index in [9.17, 15) is 9.59 Å². The molecule has 164 valence electrons. The Morgan fingerprint density at radius 2 is 1.29 bits per heavy atom. The van der Waals surface area contributed by atoms with Gasteiger partial charge in [-0.1, -0.05) is 0 Å². The lowest BCUT2D eigenvalue weighted by molar-refractivity contribution is -0.0152. The van der Waals surface area contributed by atoms with Gasteiger partial charge in [0.05, 0.1) is 31.4 Å². The maximum atomic E-state index is 12.6. The summed E-state index contributed by atoms with van der Waals surface area (Å²) in [5, 5.41) is 0. The molecule has 0 saturated carbocycles. The SMILES string of the molecule is COc1ccc(C(=O)O[C@H]2CC3C[C@H](OC(=O)c4ccc(OC)cc4)C(C2)N3C)cc1. The van der Waals surface area contributed by atoms with Crippen molar-refractivity contribution in [2.75, 3.05) is 21.3 Å². The zero-order chi connectivity index (χ0) is 22.0. The van der Waals surface area contributed by atoms with Gasteiger partial charge in [-0.05, 0) is 55.6 Å². The Labute approximate surface area is 181 Å². The Morgan fingerprint density at radius 3 is 1.81 bits per heavy atom. The van der Waals surface area contributed by atoms with Crippen molar-refractivity contribution in [2.45, 2.75) is 43.6 Å². The maximum absolute atomic E-state index is 12.6. The van der Waals surface area contributed by atoms with E-state index in [1.165, 1.54) is 0 Å². The fourth-order valence-corrected chi connectivity index (χ4v) is 4.48. The minimum absolute atomic E-state index is 0.0228. The molecule has 0 aliphatic carbocycles. The third kappa shape index (κ3) is 4.51. The number of methoxy groups -OCH3 is 2. The van der Waals surface area contributed by atoms with Crippen LogP contribution < -0.4 is 9.47 Å². The predicted molar refractivity (Wildman–Crippen MR) is 114 cm³/mol. The summed E-state index contributed by atoms with van der Waals surface area (Å²) >= 11 is 0. The number of ether oxygens (including phenoxy) is 4. The Morgan fingerprint density at radius 1 is 0.774 bits per heavy atom. The van der Waals surface area contributed by atoms with Gasteiger partial charge in [0, 0.05) is 25.3 Å². The smallest absolute Gasteiger partial charge is 0.338 e. The molecule has 2 aromatic rings. The summed E-state index contributed by atoms with van der Waals surface area (Å²) in [5.41, 5.74) is 0.988. The van der Waals surface area contributed by atoms with E-state index in [2.05, 4.69) is 4.90 Å². The van der Waals surface area contributed by atoms with E-state index >= 15 is 0 Å². The standard InChI is InChI=1S/C24H27NO6/c1-25-17-12-20(30-23(26)15-4-8-18(28-2)9-5-15)14-21(25)22(13-17)31-24(27)16-6-10-19(29-3)11-7-16/h4-11,17,20-22H,12-14H2,1-3H3/t17?,20-,21?,22-/m0/s1. The topological polar surface area (TPSA) is 74.3 Å². The molecule has 2 bridgehead atoms. The molecule has 2 aliphatic rings. The van der Waals surface area contributed by atoms with Crippen molar-refractivity contribution in [1.29, 1.82) is 0 Å². The Balaban J connectivity index is 1.37. The van der Waals surface area contributed by atoms with Gasteiger partial charge in [0.1, 0.15) is 23.7 Å². The van der Waals surface area contributed by atoms with Gasteiger partial charge >= 0.3 is 11.9 Å². The lowest BCUT2D eigenvalue weighted by atomic mass is 10.00. The normalized spacial score (nSPS) is 25.0. The number of nitrogens with zero attached hydrogens (tertiary/aromatic N) is 1. The van der Waals surface area contributed by atoms with Crippen LogP contribution in [0.3, 0.4) is 0 Å². The fourth-order valence-electron chi connectivity index (χ4n) is 4.48. The monoisotopic (exact) mass is 425 g/mol. The van der Waals surface area contributed by atoms with Gasteiger partial charge in [-0.3, -0.25) is 4.90 Å². The molecule has 31 heavy (non-hydrogen) atoms. The number of rotatable bonds is 6. The van der Waals surface area contributed by atoms with E-state index in [0.29, 0.717) is 29.0 Å². The molecular formula is C24H27NO6. The summed E-state index contributed by atoms with van der Waals surface area (Å²) < 4.78 is 21.9. The maximum Gasteiger partial charge on any atom is 0.338 e. The second kappa shape index (κ2) is 8.98. The number of fused-ring (bicyclic) bond motifs is 2. The van der Waals surface area contributed by atoms with Crippen LogP contribution in [0.25, 0.3) is 0 Å². The molecule has 0 spiro atoms. The van der Waals surface area contributed by atoms with Crippen molar-refractivity contribution >= 4 is 11.9 Å². The predicted octanol–water partition coefficient (Wildman–Crippen LogP) is 3.32. The second-order valence-corrected chi connectivity index (χ2v) is 8.02. The van der Waals surface area contributed by atoms with Crippen LogP contribution in [0.15, 0.2) is 48.5 Å². The highest BCUT2D eigenvalue weighted by atomic mass is 16.6. The highest BCUT2D eigenvalue weighted by Gasteiger charge is 2.47. The first kappa shape index (κ1) is 21.2. The molecule has 2 saturated heterocycles. The van der Waals surface area contributed by atoms with Crippen LogP contribution in [-0.4, -0.2) is 62.4 Å². The third-order valence-electron chi connectivity index (χ3n) is 6.26. The first-order valence-corrected chi connectivity index (χ1v) is 10.4. The summed E-state index contributed by atoms with van der Waals surface area (Å²) in [6.45, 7) is 0. The van der Waals surface area contributed by atoms with Crippen molar-refractivity contribution < 1.29 is 28.5 Å². The molecule has 7 heteroatoms. The second-order valence-electron chi connectivity index (χ2n) is 8.02. The number of piperidine rings is 1. The van der Waals surface area contributed by atoms with Gasteiger partial charge in [0.25, 0.3) is 0 Å². The Kier molecular flexibility index (Phi) is 6.13. The zero-order valence-corrected chi connectivity index (χ0v) is 17.9. The van der Waals surface area contributed by atoms with Crippen LogP contribution >= 0.6 is 0 Å². The molecule has 7 nitrogen and oxygen atoms in total. The highest BCUT2D eigenvalue weighted by molar-refractivity contribution is 5.90. The van der Waals surface area contributed by atoms with Crippen molar-refractivity contribution in [3.63, 3.8) is 0 Å². The zero-order valence-electron chi connectivity index (χ0n) is 17.9. The van der Waals surface area contributed by atoms with Crippen LogP contribution in [0.1, 0.15) is 40.0 Å². The number of hydrogen-bond donors (Lipinski definition) is 0. The summed E-state index contributed by atoms with van der Waals surface area (Å²) in [6, 6.07) is 14.0. The molecule has 4 rings (SSSR count). The Hall–Kier alpha value is -3.06. The molecule has 4 atom stereocenters. The average Bonchev–Trinajstić information content (AvgIpc) is 2.96. The van der Waals surface area contributed by atoms with Gasteiger partial charge in [-0.25, -0.2) is 9.59 Å². The van der Waals surface area contributed by atoms with Crippen LogP contribution in [0, 0.1) is 0 Å². The van der Waals surface area contributed by atoms with Crippen molar-refractivity contribution in [3.8, 4) is 11.5 Å². The highest BCUT2D eigenvalue weighted by Crippen LogP contribution is 2.38. The quantitative estimate of drug-likeness (QED) is 0.657. The fraction of sp³-hybridized carbons (Fsp3) is 0.417. The van der Waals surface area contributed by atoms with Crippen LogP contribution in [-0.2, 0) is 9.47 Å². The molecule has 2 heterocycles. The molecule has 2 fully saturated rings. The van der Waals surface area contributed by atoms with Gasteiger partial charge < -0.3 is 18.9 Å². The van der Waals surface area contributed by atoms with Gasteiger partial charge in [0.2, 0.25) is 0 Å². The third-order valence-corrected chi connectivity index (χ3v) is 6.26. The van der Waals surface area contributed by atoms with Crippen LogP contribution in [0.4, 0.5) is 0 Å². The summed E-state index contributed by atoms with van der Waals surface area (Å²) in [6.07, 6.45) is 1.67. The van der Waals surface area contributed by atoms with Crippen LogP contribution in [0.2, 0.25) is 0 Å². The first-order valence-electron chi connectivity index (χ1n) is 10.4. The number of likely N-dealkylation sites (N-methyl/N-ethyl adjacent to an activating group) is 1. The van der Waals surface area contributed by atoms with Gasteiger partial charge in [-0.2, -0.15) is 0 Å². The lowest BCUT2D eigenvalue weighted by Crippen LogP contribution is -2.46. The van der Waals surface area contributed by atoms with E-state index in [-0.39, 0.29) is 36.2 Å². The minimum Gasteiger partial charge on any atom is -0.497 e. The Bertz CT molecular complexity index is 924. The van der Waals surface area contributed by atoms with Crippen LogP contribution in [0.5, 0.6) is 11.5 Å². The number of carbonyl (C=O) groups is 2. The minimum atomic E-state index is -0.347. The number of hydrogen-bond acceptors (Lipinski definition) is 7. The largest absolute Gasteiger partial charge is 0.497 e. The molecule has 0 amide bonds. The summed E-state index contributed by atoms with van der Waals surface area (Å²) in [4.78, 5) is 27.4. The van der Waals surface area contributed by atoms with E-state index in [4.69, 9.17) is 18.9 Å². The number of carbonyl (C=O) groups excluding carboxylic acids is 2. The molecule has 2 aliphatic heterocycles. The van der Waals surface area contributed by atoms with E-state index in [0.717, 1.165) is 12.8 Å². The van der Waals surface area contributed by atoms with Gasteiger partial charge in [0.15, 0.2) is 0 Å². The summed E-state index contributed by atoms with van der Waals surface area (Å²) in [5.74, 6) is 0.689. The van der Waals surface area contributed by atoms with E-state index < -0.39 is 0 Å².